The molecule has 0 aliphatic rings. The third kappa shape index (κ3) is 4.67. The van der Waals surface area contributed by atoms with Gasteiger partial charge < -0.3 is 9.84 Å². The van der Waals surface area contributed by atoms with E-state index in [1.54, 1.807) is 6.07 Å². The second-order valence-corrected chi connectivity index (χ2v) is 6.17. The third-order valence-electron chi connectivity index (χ3n) is 3.80. The van der Waals surface area contributed by atoms with E-state index >= 15 is 0 Å². The fourth-order valence-corrected chi connectivity index (χ4v) is 2.66. The van der Waals surface area contributed by atoms with Gasteiger partial charge in [-0.3, -0.25) is 4.79 Å². The number of aromatic nitrogens is 2. The Morgan fingerprint density at radius 3 is 2.84 bits per heavy atom. The minimum absolute atomic E-state index is 0.0735. The van der Waals surface area contributed by atoms with Crippen LogP contribution >= 0.6 is 11.6 Å². The van der Waals surface area contributed by atoms with Crippen molar-refractivity contribution in [1.82, 2.24) is 15.5 Å². The van der Waals surface area contributed by atoms with Crippen LogP contribution in [0.2, 0.25) is 5.02 Å². The first-order chi connectivity index (χ1) is 12.1. The molecule has 0 aliphatic heterocycles. The molecule has 0 bridgehead atoms. The molecule has 6 heteroatoms. The highest BCUT2D eigenvalue weighted by Gasteiger charge is 2.12. The van der Waals surface area contributed by atoms with Gasteiger partial charge in [-0.25, -0.2) is 0 Å². The number of nitrogens with one attached hydrogen (secondary N) is 1. The molecule has 1 amide bonds. The Morgan fingerprint density at radius 1 is 1.20 bits per heavy atom. The van der Waals surface area contributed by atoms with Crippen molar-refractivity contribution in [2.45, 2.75) is 26.3 Å². The van der Waals surface area contributed by atoms with E-state index in [1.807, 2.05) is 49.4 Å². The molecule has 1 aromatic heterocycles. The number of rotatable bonds is 6. The van der Waals surface area contributed by atoms with Crippen LogP contribution in [0.5, 0.6) is 0 Å². The monoisotopic (exact) mass is 355 g/mol. The molecule has 3 aromatic rings. The molecule has 0 atom stereocenters. The van der Waals surface area contributed by atoms with Crippen molar-refractivity contribution in [3.8, 4) is 11.4 Å². The van der Waals surface area contributed by atoms with Gasteiger partial charge in [0.2, 0.25) is 17.6 Å². The Morgan fingerprint density at radius 2 is 2.04 bits per heavy atom. The lowest BCUT2D eigenvalue weighted by atomic mass is 10.1. The third-order valence-corrected chi connectivity index (χ3v) is 4.03. The average Bonchev–Trinajstić information content (AvgIpc) is 3.07. The highest BCUT2D eigenvalue weighted by Crippen LogP contribution is 2.20. The predicted octanol–water partition coefficient (Wildman–Crippen LogP) is 3.95. The molecule has 0 fully saturated rings. The minimum atomic E-state index is -0.0735. The quantitative estimate of drug-likeness (QED) is 0.727. The second kappa shape index (κ2) is 7.94. The van der Waals surface area contributed by atoms with Crippen molar-refractivity contribution in [2.24, 2.45) is 0 Å². The number of amides is 1. The van der Waals surface area contributed by atoms with E-state index in [-0.39, 0.29) is 12.3 Å². The molecular formula is C19H18ClN3O2. The largest absolute Gasteiger partial charge is 0.352 e. The first kappa shape index (κ1) is 17.2. The average molecular weight is 356 g/mol. The van der Waals surface area contributed by atoms with Gasteiger partial charge in [0.25, 0.3) is 0 Å². The van der Waals surface area contributed by atoms with Gasteiger partial charge >= 0.3 is 0 Å². The molecule has 0 unspecified atom stereocenters. The fourth-order valence-electron chi connectivity index (χ4n) is 2.45. The summed E-state index contributed by atoms with van der Waals surface area (Å²) in [6, 6.07) is 15.2. The van der Waals surface area contributed by atoms with Crippen LogP contribution in [-0.2, 0) is 17.8 Å². The fraction of sp³-hybridized carbons (Fsp3) is 0.211. The van der Waals surface area contributed by atoms with E-state index in [2.05, 4.69) is 15.5 Å². The lowest BCUT2D eigenvalue weighted by Crippen LogP contribution is -2.23. The molecule has 5 nitrogen and oxygen atoms in total. The summed E-state index contributed by atoms with van der Waals surface area (Å²) in [4.78, 5) is 16.3. The van der Waals surface area contributed by atoms with Gasteiger partial charge in [0, 0.05) is 30.0 Å². The normalized spacial score (nSPS) is 10.6. The van der Waals surface area contributed by atoms with Crippen LogP contribution < -0.4 is 5.32 Å². The van der Waals surface area contributed by atoms with Crippen LogP contribution in [0.15, 0.2) is 53.1 Å². The summed E-state index contributed by atoms with van der Waals surface area (Å²) in [7, 11) is 0. The van der Waals surface area contributed by atoms with E-state index in [0.717, 1.165) is 16.7 Å². The van der Waals surface area contributed by atoms with E-state index in [9.17, 15) is 4.79 Å². The molecule has 0 spiro atoms. The Balaban J connectivity index is 1.52. The van der Waals surface area contributed by atoms with Crippen molar-refractivity contribution in [1.29, 1.82) is 0 Å². The van der Waals surface area contributed by atoms with Gasteiger partial charge in [-0.2, -0.15) is 4.98 Å². The molecule has 128 valence electrons. The number of carbonyl (C=O) groups is 1. The minimum Gasteiger partial charge on any atom is -0.352 e. The topological polar surface area (TPSA) is 68.0 Å². The van der Waals surface area contributed by atoms with Crippen LogP contribution in [0.25, 0.3) is 11.4 Å². The summed E-state index contributed by atoms with van der Waals surface area (Å²) in [5.74, 6) is 0.930. The van der Waals surface area contributed by atoms with Crippen LogP contribution in [0.3, 0.4) is 0 Å². The van der Waals surface area contributed by atoms with E-state index < -0.39 is 0 Å². The number of hydrogen-bond donors (Lipinski definition) is 1. The maximum absolute atomic E-state index is 12.0. The number of nitrogens with zero attached hydrogens (tertiary/aromatic N) is 2. The Kier molecular flexibility index (Phi) is 5.46. The van der Waals surface area contributed by atoms with Crippen molar-refractivity contribution < 1.29 is 9.32 Å². The zero-order valence-electron chi connectivity index (χ0n) is 13.8. The lowest BCUT2D eigenvalue weighted by molar-refractivity contribution is -0.121. The number of benzene rings is 2. The highest BCUT2D eigenvalue weighted by molar-refractivity contribution is 6.30. The molecule has 0 saturated carbocycles. The summed E-state index contributed by atoms with van der Waals surface area (Å²) in [5, 5.41) is 7.51. The van der Waals surface area contributed by atoms with Gasteiger partial charge in [0.1, 0.15) is 0 Å². The Hall–Kier alpha value is -2.66. The molecule has 0 saturated heterocycles. The molecule has 0 aliphatic carbocycles. The van der Waals surface area contributed by atoms with Crippen LogP contribution in [-0.4, -0.2) is 16.0 Å². The molecule has 25 heavy (non-hydrogen) atoms. The standard InChI is InChI=1S/C19H18ClN3O2/c1-13-5-2-3-8-16(13)19-22-18(25-23-19)10-9-17(24)21-12-14-6-4-7-15(20)11-14/h2-8,11H,9-10,12H2,1H3,(H,21,24). The molecule has 1 heterocycles. The second-order valence-electron chi connectivity index (χ2n) is 5.73. The van der Waals surface area contributed by atoms with E-state index in [0.29, 0.717) is 29.7 Å². The molecule has 0 radical (unpaired) electrons. The van der Waals surface area contributed by atoms with Gasteiger partial charge in [0.05, 0.1) is 0 Å². The van der Waals surface area contributed by atoms with E-state index in [4.69, 9.17) is 16.1 Å². The lowest BCUT2D eigenvalue weighted by Gasteiger charge is -2.04. The summed E-state index contributed by atoms with van der Waals surface area (Å²) in [6.45, 7) is 2.44. The smallest absolute Gasteiger partial charge is 0.227 e. The van der Waals surface area contributed by atoms with Crippen LogP contribution in [0.4, 0.5) is 0 Å². The zero-order chi connectivity index (χ0) is 17.6. The maximum Gasteiger partial charge on any atom is 0.227 e. The first-order valence-electron chi connectivity index (χ1n) is 8.01. The summed E-state index contributed by atoms with van der Waals surface area (Å²) < 4.78 is 5.24. The predicted molar refractivity (Wildman–Crippen MR) is 96.1 cm³/mol. The van der Waals surface area contributed by atoms with Gasteiger partial charge in [-0.15, -0.1) is 0 Å². The van der Waals surface area contributed by atoms with Gasteiger partial charge in [-0.1, -0.05) is 53.2 Å². The SMILES string of the molecule is Cc1ccccc1-c1noc(CCC(=O)NCc2cccc(Cl)c2)n1. The number of carbonyl (C=O) groups excluding carboxylic acids is 1. The molecule has 1 N–H and O–H groups in total. The Bertz CT molecular complexity index is 876. The zero-order valence-corrected chi connectivity index (χ0v) is 14.6. The summed E-state index contributed by atoms with van der Waals surface area (Å²) in [5.41, 5.74) is 2.97. The molecular weight excluding hydrogens is 338 g/mol. The highest BCUT2D eigenvalue weighted by atomic mass is 35.5. The van der Waals surface area contributed by atoms with Crippen molar-refractivity contribution in [3.63, 3.8) is 0 Å². The van der Waals surface area contributed by atoms with Crippen molar-refractivity contribution in [2.75, 3.05) is 0 Å². The van der Waals surface area contributed by atoms with Gasteiger partial charge in [0.15, 0.2) is 0 Å². The number of hydrogen-bond acceptors (Lipinski definition) is 4. The maximum atomic E-state index is 12.0. The molecule has 3 rings (SSSR count). The molecule has 2 aromatic carbocycles. The van der Waals surface area contributed by atoms with Crippen molar-refractivity contribution in [3.05, 3.63) is 70.6 Å². The number of aryl methyl sites for hydroxylation is 2. The summed E-state index contributed by atoms with van der Waals surface area (Å²) >= 11 is 5.92. The first-order valence-corrected chi connectivity index (χ1v) is 8.39. The van der Waals surface area contributed by atoms with Crippen LogP contribution in [0, 0.1) is 6.92 Å². The Labute approximate surface area is 151 Å². The number of halogens is 1. The van der Waals surface area contributed by atoms with E-state index in [1.165, 1.54) is 0 Å². The van der Waals surface area contributed by atoms with Crippen molar-refractivity contribution >= 4 is 17.5 Å². The van der Waals surface area contributed by atoms with Crippen LogP contribution in [0.1, 0.15) is 23.4 Å². The summed E-state index contributed by atoms with van der Waals surface area (Å²) in [6.07, 6.45) is 0.691. The van der Waals surface area contributed by atoms with Gasteiger partial charge in [-0.05, 0) is 30.2 Å².